The number of morpholine rings is 1. The second-order valence-electron chi connectivity index (χ2n) is 8.18. The van der Waals surface area contributed by atoms with Gasteiger partial charge in [-0.1, -0.05) is 6.42 Å². The van der Waals surface area contributed by atoms with Crippen LogP contribution in [0.2, 0.25) is 0 Å². The van der Waals surface area contributed by atoms with Crippen LogP contribution in [0.4, 0.5) is 0 Å². The van der Waals surface area contributed by atoms with E-state index >= 15 is 0 Å². The number of piperidine rings is 1. The minimum atomic E-state index is 0.889. The van der Waals surface area contributed by atoms with Crippen molar-refractivity contribution in [2.45, 2.75) is 32.1 Å². The fourth-order valence-corrected chi connectivity index (χ4v) is 3.32. The van der Waals surface area contributed by atoms with E-state index in [9.17, 15) is 0 Å². The lowest BCUT2D eigenvalue weighted by molar-refractivity contribution is 0.109. The first-order valence-corrected chi connectivity index (χ1v) is 12.4. The second kappa shape index (κ2) is 23.3. The Bertz CT molecular complexity index is 244. The molecule has 0 atom stereocenters. The van der Waals surface area contributed by atoms with Gasteiger partial charge in [0.25, 0.3) is 0 Å². The van der Waals surface area contributed by atoms with E-state index in [2.05, 4.69) is 43.8 Å². The molecule has 6 N–H and O–H groups in total. The fraction of sp³-hybridized carbons (Fsp3) is 1.00. The Balaban J connectivity index is 0.000000188. The topological polar surface area (TPSA) is 84.6 Å². The second-order valence-corrected chi connectivity index (χ2v) is 8.18. The number of nitrogens with one attached hydrogen (secondary N) is 6. The molecule has 0 aromatic rings. The fourth-order valence-electron chi connectivity index (χ4n) is 3.32. The molecule has 0 spiro atoms. The van der Waals surface area contributed by atoms with Gasteiger partial charge in [-0.15, -0.1) is 0 Å². The normalized spacial score (nSPS) is 24.3. The summed E-state index contributed by atoms with van der Waals surface area (Å²) in [6.45, 7) is 18.1. The van der Waals surface area contributed by atoms with Crippen molar-refractivity contribution in [3.63, 3.8) is 0 Å². The Morgan fingerprint density at radius 3 is 1.00 bits per heavy atom. The van der Waals surface area contributed by atoms with Crippen molar-refractivity contribution < 1.29 is 4.74 Å². The number of rotatable bonds is 0. The maximum absolute atomic E-state index is 5.01. The van der Waals surface area contributed by atoms with E-state index in [4.69, 9.17) is 4.74 Å². The van der Waals surface area contributed by atoms with Gasteiger partial charge in [-0.25, -0.2) is 0 Å². The number of hydrogen-bond acceptors (Lipinski definition) is 8. The third-order valence-electron chi connectivity index (χ3n) is 5.31. The van der Waals surface area contributed by atoms with Crippen LogP contribution in [-0.2, 0) is 4.74 Å². The van der Waals surface area contributed by atoms with Crippen LogP contribution in [0.1, 0.15) is 32.1 Å². The Morgan fingerprint density at radius 2 is 0.800 bits per heavy atom. The van der Waals surface area contributed by atoms with E-state index in [0.29, 0.717) is 0 Å². The van der Waals surface area contributed by atoms with Crippen LogP contribution in [0, 0.1) is 0 Å². The highest BCUT2D eigenvalue weighted by Gasteiger charge is 2.01. The molecule has 5 rings (SSSR count). The van der Waals surface area contributed by atoms with E-state index in [1.165, 1.54) is 71.4 Å². The summed E-state index contributed by atoms with van der Waals surface area (Å²) in [5.74, 6) is 0. The average Bonchev–Trinajstić information content (AvgIpc) is 3.45. The predicted molar refractivity (Wildman–Crippen MR) is 129 cm³/mol. The Morgan fingerprint density at radius 1 is 0.433 bits per heavy atom. The van der Waals surface area contributed by atoms with Crippen molar-refractivity contribution in [2.24, 2.45) is 0 Å². The summed E-state index contributed by atoms with van der Waals surface area (Å²) in [5.41, 5.74) is 0. The highest BCUT2D eigenvalue weighted by molar-refractivity contribution is 4.62. The minimum Gasteiger partial charge on any atom is -0.379 e. The molecule has 30 heavy (non-hydrogen) atoms. The van der Waals surface area contributed by atoms with Gasteiger partial charge in [0.2, 0.25) is 0 Å². The third kappa shape index (κ3) is 20.9. The summed E-state index contributed by atoms with van der Waals surface area (Å²) >= 11 is 0. The zero-order valence-corrected chi connectivity index (χ0v) is 19.7. The van der Waals surface area contributed by atoms with E-state index in [1.807, 2.05) is 0 Å². The quantitative estimate of drug-likeness (QED) is 0.306. The summed E-state index contributed by atoms with van der Waals surface area (Å²) in [6.07, 6.45) is 6.99. The first-order chi connectivity index (χ1) is 14.9. The molecule has 0 saturated carbocycles. The van der Waals surface area contributed by atoms with Crippen LogP contribution in [-0.4, -0.2) is 117 Å². The monoisotopic (exact) mass is 429 g/mol. The average molecular weight is 430 g/mol. The number of hydrogen-bond donors (Lipinski definition) is 6. The lowest BCUT2D eigenvalue weighted by Crippen LogP contribution is -2.40. The summed E-state index contributed by atoms with van der Waals surface area (Å²) in [7, 11) is 2.15. The van der Waals surface area contributed by atoms with Gasteiger partial charge in [0, 0.05) is 65.4 Å². The van der Waals surface area contributed by atoms with E-state index in [-0.39, 0.29) is 0 Å². The van der Waals surface area contributed by atoms with Crippen LogP contribution in [0.3, 0.4) is 0 Å². The molecule has 0 aliphatic carbocycles. The number of nitrogens with zero attached hydrogens (tertiary/aromatic N) is 1. The lowest BCUT2D eigenvalue weighted by atomic mass is 10.2. The van der Waals surface area contributed by atoms with Crippen molar-refractivity contribution in [1.82, 2.24) is 36.8 Å². The lowest BCUT2D eigenvalue weighted by Gasteiger charge is -2.21. The molecule has 0 amide bonds. The summed E-state index contributed by atoms with van der Waals surface area (Å²) in [6, 6.07) is 0. The van der Waals surface area contributed by atoms with Gasteiger partial charge in [0.05, 0.1) is 13.2 Å². The van der Waals surface area contributed by atoms with Gasteiger partial charge in [-0.3, -0.25) is 0 Å². The predicted octanol–water partition coefficient (Wildman–Crippen LogP) is -0.563. The molecule has 5 aliphatic heterocycles. The number of ether oxygens (including phenoxy) is 1. The largest absolute Gasteiger partial charge is 0.379 e. The van der Waals surface area contributed by atoms with E-state index in [0.717, 1.165) is 65.6 Å². The van der Waals surface area contributed by atoms with Crippen LogP contribution < -0.4 is 31.9 Å². The molecule has 8 heteroatoms. The van der Waals surface area contributed by atoms with Crippen LogP contribution in [0.25, 0.3) is 0 Å². The SMILES string of the molecule is C1CCNC1.C1CCNCC1.C1CNCCN1.C1COCCN1.CN1CCNCC1. The molecule has 5 fully saturated rings. The summed E-state index contributed by atoms with van der Waals surface area (Å²) in [4.78, 5) is 2.33. The maximum Gasteiger partial charge on any atom is 0.0591 e. The van der Waals surface area contributed by atoms with Crippen molar-refractivity contribution in [3.8, 4) is 0 Å². The molecular formula is C22H51N7O. The molecular weight excluding hydrogens is 378 g/mol. The molecule has 5 aliphatic rings. The van der Waals surface area contributed by atoms with Crippen molar-refractivity contribution >= 4 is 0 Å². The molecule has 0 unspecified atom stereocenters. The molecule has 0 bridgehead atoms. The standard InChI is InChI=1S/C5H12N2.C5H11N.C4H10N2.C4H9NO.C4H9N/c1-7-4-2-6-3-5-7;1-2-4-6-5-3-1;1-2-6-4-3-5-1;1-3-6-4-2-5-1;1-2-4-5-3-1/h6H,2-5H2,1H3;6H,1-5H2;5-6H,1-4H2;5H,1-4H2;5H,1-4H2. The van der Waals surface area contributed by atoms with E-state index < -0.39 is 0 Å². The van der Waals surface area contributed by atoms with Crippen molar-refractivity contribution in [1.29, 1.82) is 0 Å². The Kier molecular flexibility index (Phi) is 21.6. The summed E-state index contributed by atoms with van der Waals surface area (Å²) in [5, 5.41) is 19.4. The van der Waals surface area contributed by atoms with Gasteiger partial charge < -0.3 is 41.5 Å². The Labute approximate surface area is 186 Å². The van der Waals surface area contributed by atoms with Gasteiger partial charge in [0.1, 0.15) is 0 Å². The first kappa shape index (κ1) is 27.7. The van der Waals surface area contributed by atoms with Crippen molar-refractivity contribution in [2.75, 3.05) is 112 Å². The zero-order chi connectivity index (χ0) is 21.4. The van der Waals surface area contributed by atoms with Gasteiger partial charge in [0.15, 0.2) is 0 Å². The van der Waals surface area contributed by atoms with Gasteiger partial charge in [-0.2, -0.15) is 0 Å². The highest BCUT2D eigenvalue weighted by Crippen LogP contribution is 1.96. The minimum absolute atomic E-state index is 0.889. The van der Waals surface area contributed by atoms with Gasteiger partial charge >= 0.3 is 0 Å². The molecule has 180 valence electrons. The van der Waals surface area contributed by atoms with Crippen molar-refractivity contribution in [3.05, 3.63) is 0 Å². The molecule has 0 aromatic heterocycles. The van der Waals surface area contributed by atoms with Gasteiger partial charge in [-0.05, 0) is 58.9 Å². The Hall–Kier alpha value is -0.320. The van der Waals surface area contributed by atoms with Crippen LogP contribution in [0.15, 0.2) is 0 Å². The summed E-state index contributed by atoms with van der Waals surface area (Å²) < 4.78 is 5.01. The van der Waals surface area contributed by atoms with Crippen LogP contribution in [0.5, 0.6) is 0 Å². The highest BCUT2D eigenvalue weighted by atomic mass is 16.5. The smallest absolute Gasteiger partial charge is 0.0591 e. The van der Waals surface area contributed by atoms with Crippen LogP contribution >= 0.6 is 0 Å². The molecule has 0 aromatic carbocycles. The zero-order valence-electron chi connectivity index (χ0n) is 19.7. The molecule has 8 nitrogen and oxygen atoms in total. The number of piperazine rings is 2. The number of likely N-dealkylation sites (N-methyl/N-ethyl adjacent to an activating group) is 1. The molecule has 5 saturated heterocycles. The molecule has 0 radical (unpaired) electrons. The maximum atomic E-state index is 5.01. The third-order valence-corrected chi connectivity index (χ3v) is 5.31. The molecule has 5 heterocycles. The van der Waals surface area contributed by atoms with E-state index in [1.54, 1.807) is 0 Å². The first-order valence-electron chi connectivity index (χ1n) is 12.4.